The van der Waals surface area contributed by atoms with E-state index in [0.717, 1.165) is 11.1 Å². The van der Waals surface area contributed by atoms with Gasteiger partial charge in [0.15, 0.2) is 0 Å². The topological polar surface area (TPSA) is 66.5 Å². The second kappa shape index (κ2) is 7.39. The Labute approximate surface area is 159 Å². The first-order valence-electron chi connectivity index (χ1n) is 8.44. The molecule has 1 heterocycles. The van der Waals surface area contributed by atoms with E-state index in [2.05, 4.69) is 5.32 Å². The first-order chi connectivity index (χ1) is 12.3. The van der Waals surface area contributed by atoms with Crippen LogP contribution in [0.2, 0.25) is 5.02 Å². The van der Waals surface area contributed by atoms with Gasteiger partial charge in [-0.3, -0.25) is 4.79 Å². The number of carbonyl (C=O) groups is 1. The molecule has 1 aliphatic heterocycles. The lowest BCUT2D eigenvalue weighted by molar-refractivity contribution is -0.119. The fraction of sp³-hybridized carbons (Fsp3) is 0.316. The zero-order valence-electron chi connectivity index (χ0n) is 14.7. The van der Waals surface area contributed by atoms with E-state index in [-0.39, 0.29) is 10.8 Å². The fourth-order valence-electron chi connectivity index (χ4n) is 3.08. The van der Waals surface area contributed by atoms with Crippen LogP contribution in [0.1, 0.15) is 24.0 Å². The summed E-state index contributed by atoms with van der Waals surface area (Å²) in [5.41, 5.74) is 2.88. The lowest BCUT2D eigenvalue weighted by atomic mass is 10.1. The summed E-state index contributed by atoms with van der Waals surface area (Å²) in [4.78, 5) is 12.9. The molecule has 3 rings (SSSR count). The average Bonchev–Trinajstić information content (AvgIpc) is 3.09. The summed E-state index contributed by atoms with van der Waals surface area (Å²) < 4.78 is 27.1. The van der Waals surface area contributed by atoms with Crippen molar-refractivity contribution < 1.29 is 13.2 Å². The third kappa shape index (κ3) is 3.77. The van der Waals surface area contributed by atoms with E-state index in [1.165, 1.54) is 28.6 Å². The molecule has 5 nitrogen and oxygen atoms in total. The summed E-state index contributed by atoms with van der Waals surface area (Å²) in [6.07, 6.45) is 1.15. The molecule has 1 N–H and O–H groups in total. The Morgan fingerprint density at radius 3 is 2.46 bits per heavy atom. The molecule has 0 spiro atoms. The highest BCUT2D eigenvalue weighted by Crippen LogP contribution is 2.28. The van der Waals surface area contributed by atoms with Crippen LogP contribution in [0.25, 0.3) is 0 Å². The Bertz CT molecular complexity index is 926. The Hall–Kier alpha value is -1.89. The van der Waals surface area contributed by atoms with E-state index < -0.39 is 16.1 Å². The maximum atomic E-state index is 12.9. The van der Waals surface area contributed by atoms with Gasteiger partial charge in [0.05, 0.1) is 4.90 Å². The summed E-state index contributed by atoms with van der Waals surface area (Å²) in [5.74, 6) is -0.303. The van der Waals surface area contributed by atoms with Crippen molar-refractivity contribution in [2.45, 2.75) is 37.6 Å². The zero-order valence-corrected chi connectivity index (χ0v) is 16.3. The number of benzene rings is 2. The molecule has 1 saturated heterocycles. The van der Waals surface area contributed by atoms with Crippen LogP contribution in [0.5, 0.6) is 0 Å². The van der Waals surface area contributed by atoms with Crippen molar-refractivity contribution in [1.29, 1.82) is 0 Å². The number of halogens is 1. The molecule has 0 radical (unpaired) electrons. The van der Waals surface area contributed by atoms with Gasteiger partial charge in [-0.1, -0.05) is 17.7 Å². The maximum Gasteiger partial charge on any atom is 0.243 e. The third-order valence-electron chi connectivity index (χ3n) is 4.70. The molecular weight excluding hydrogens is 372 g/mol. The zero-order chi connectivity index (χ0) is 18.9. The first kappa shape index (κ1) is 18.9. The largest absolute Gasteiger partial charge is 0.325 e. The fourth-order valence-corrected chi connectivity index (χ4v) is 4.86. The van der Waals surface area contributed by atoms with Crippen LogP contribution in [0, 0.1) is 13.8 Å². The number of nitrogens with one attached hydrogen (secondary N) is 1. The highest BCUT2D eigenvalue weighted by Gasteiger charge is 2.39. The number of carbonyl (C=O) groups excluding carboxylic acids is 1. The molecule has 0 saturated carbocycles. The monoisotopic (exact) mass is 392 g/mol. The molecule has 7 heteroatoms. The molecule has 0 bridgehead atoms. The molecule has 1 amide bonds. The van der Waals surface area contributed by atoms with Gasteiger partial charge in [0.2, 0.25) is 15.9 Å². The van der Waals surface area contributed by atoms with Crippen molar-refractivity contribution in [3.8, 4) is 0 Å². The van der Waals surface area contributed by atoms with Gasteiger partial charge in [-0.05, 0) is 74.2 Å². The molecule has 26 heavy (non-hydrogen) atoms. The van der Waals surface area contributed by atoms with E-state index in [1.807, 2.05) is 32.0 Å². The van der Waals surface area contributed by atoms with Crippen LogP contribution in [-0.2, 0) is 14.8 Å². The molecule has 0 aromatic heterocycles. The van der Waals surface area contributed by atoms with Gasteiger partial charge in [-0.15, -0.1) is 0 Å². The van der Waals surface area contributed by atoms with Gasteiger partial charge in [-0.2, -0.15) is 4.31 Å². The minimum Gasteiger partial charge on any atom is -0.325 e. The number of aryl methyl sites for hydroxylation is 2. The molecule has 1 atom stereocenters. The maximum absolute atomic E-state index is 12.9. The van der Waals surface area contributed by atoms with Crippen molar-refractivity contribution in [2.75, 3.05) is 11.9 Å². The van der Waals surface area contributed by atoms with Gasteiger partial charge >= 0.3 is 0 Å². The quantitative estimate of drug-likeness (QED) is 0.861. The Kier molecular flexibility index (Phi) is 5.37. The van der Waals surface area contributed by atoms with Crippen LogP contribution in [0.4, 0.5) is 5.69 Å². The van der Waals surface area contributed by atoms with E-state index in [9.17, 15) is 13.2 Å². The summed E-state index contributed by atoms with van der Waals surface area (Å²) in [7, 11) is -3.74. The number of hydrogen-bond acceptors (Lipinski definition) is 3. The molecule has 0 unspecified atom stereocenters. The summed E-state index contributed by atoms with van der Waals surface area (Å²) in [6, 6.07) is 10.9. The molecule has 1 aliphatic rings. The highest BCUT2D eigenvalue weighted by molar-refractivity contribution is 7.89. The second-order valence-corrected chi connectivity index (χ2v) is 8.84. The normalized spacial score (nSPS) is 18.0. The van der Waals surface area contributed by atoms with Crippen molar-refractivity contribution in [1.82, 2.24) is 4.31 Å². The van der Waals surface area contributed by atoms with Gasteiger partial charge in [0.25, 0.3) is 0 Å². The van der Waals surface area contributed by atoms with E-state index in [0.29, 0.717) is 30.1 Å². The van der Waals surface area contributed by atoms with Crippen LogP contribution < -0.4 is 5.32 Å². The molecule has 0 aliphatic carbocycles. The highest BCUT2D eigenvalue weighted by atomic mass is 35.5. The lowest BCUT2D eigenvalue weighted by Gasteiger charge is -2.23. The number of anilines is 1. The Morgan fingerprint density at radius 2 is 1.81 bits per heavy atom. The van der Waals surface area contributed by atoms with Crippen molar-refractivity contribution in [3.05, 3.63) is 58.6 Å². The van der Waals surface area contributed by atoms with E-state index in [1.54, 1.807) is 0 Å². The lowest BCUT2D eigenvalue weighted by Crippen LogP contribution is -2.43. The van der Waals surface area contributed by atoms with Crippen molar-refractivity contribution >= 4 is 33.2 Å². The van der Waals surface area contributed by atoms with E-state index in [4.69, 9.17) is 11.6 Å². The minimum atomic E-state index is -3.74. The number of sulfonamides is 1. The number of amides is 1. The number of nitrogens with zero attached hydrogens (tertiary/aromatic N) is 1. The predicted octanol–water partition coefficient (Wildman–Crippen LogP) is 3.75. The van der Waals surface area contributed by atoms with Crippen LogP contribution in [0.15, 0.2) is 47.4 Å². The van der Waals surface area contributed by atoms with Gasteiger partial charge in [0.1, 0.15) is 6.04 Å². The predicted molar refractivity (Wildman–Crippen MR) is 103 cm³/mol. The van der Waals surface area contributed by atoms with E-state index >= 15 is 0 Å². The Morgan fingerprint density at radius 1 is 1.12 bits per heavy atom. The molecule has 2 aromatic carbocycles. The van der Waals surface area contributed by atoms with Gasteiger partial charge in [0, 0.05) is 17.3 Å². The van der Waals surface area contributed by atoms with Gasteiger partial charge in [-0.25, -0.2) is 8.42 Å². The second-order valence-electron chi connectivity index (χ2n) is 6.52. The van der Waals surface area contributed by atoms with Crippen molar-refractivity contribution in [2.24, 2.45) is 0 Å². The SMILES string of the molecule is Cc1ccc(NC(=O)[C@@H]2CCCN2S(=O)(=O)c2ccc(Cl)cc2)cc1C. The standard InChI is InChI=1S/C19H21ClN2O3S/c1-13-5-8-16(12-14(13)2)21-19(23)18-4-3-11-22(18)26(24,25)17-9-6-15(20)7-10-17/h5-10,12,18H,3-4,11H2,1-2H3,(H,21,23)/t18-/m0/s1. The molecule has 138 valence electrons. The molecular formula is C19H21ClN2O3S. The summed E-state index contributed by atoms with van der Waals surface area (Å²) in [6.45, 7) is 4.30. The smallest absolute Gasteiger partial charge is 0.243 e. The van der Waals surface area contributed by atoms with Crippen LogP contribution >= 0.6 is 11.6 Å². The summed E-state index contributed by atoms with van der Waals surface area (Å²) >= 11 is 5.84. The number of rotatable bonds is 4. The molecule has 1 fully saturated rings. The first-order valence-corrected chi connectivity index (χ1v) is 10.3. The van der Waals surface area contributed by atoms with Crippen LogP contribution in [-0.4, -0.2) is 31.2 Å². The minimum absolute atomic E-state index is 0.146. The van der Waals surface area contributed by atoms with Gasteiger partial charge < -0.3 is 5.32 Å². The number of hydrogen-bond donors (Lipinski definition) is 1. The summed E-state index contributed by atoms with van der Waals surface area (Å²) in [5, 5.41) is 3.32. The molecule has 2 aromatic rings. The average molecular weight is 393 g/mol. The third-order valence-corrected chi connectivity index (χ3v) is 6.88. The van der Waals surface area contributed by atoms with Crippen LogP contribution in [0.3, 0.4) is 0 Å². The Balaban J connectivity index is 1.81. The van der Waals surface area contributed by atoms with Crippen molar-refractivity contribution in [3.63, 3.8) is 0 Å².